The molecule has 1 saturated heterocycles. The van der Waals surface area contributed by atoms with Gasteiger partial charge in [-0.2, -0.15) is 0 Å². The fourth-order valence-corrected chi connectivity index (χ4v) is 3.33. The molecule has 2 aliphatic rings. The third-order valence-corrected chi connectivity index (χ3v) is 5.25. The van der Waals surface area contributed by atoms with E-state index in [9.17, 15) is 18.0 Å². The average Bonchev–Trinajstić information content (AvgIpc) is 2.77. The van der Waals surface area contributed by atoms with Crippen molar-refractivity contribution in [2.75, 3.05) is 12.8 Å². The first-order valence-electron chi connectivity index (χ1n) is 7.52. The van der Waals surface area contributed by atoms with E-state index in [-0.39, 0.29) is 36.1 Å². The van der Waals surface area contributed by atoms with Crippen LogP contribution in [0.5, 0.6) is 5.75 Å². The number of hydrogen-bond donors (Lipinski definition) is 0. The van der Waals surface area contributed by atoms with Crippen LogP contribution in [0, 0.1) is 0 Å². The predicted octanol–water partition coefficient (Wildman–Crippen LogP) is 1.48. The molecule has 128 valence electrons. The number of sulfone groups is 1. The molecule has 3 rings (SSSR count). The highest BCUT2D eigenvalue weighted by molar-refractivity contribution is 7.90. The molecule has 8 heteroatoms. The average molecular weight is 350 g/mol. The fraction of sp³-hybridized carbons (Fsp3) is 0.438. The molecule has 1 aromatic carbocycles. The number of amides is 2. The molecule has 7 nitrogen and oxygen atoms in total. The summed E-state index contributed by atoms with van der Waals surface area (Å²) in [7, 11) is -3.37. The van der Waals surface area contributed by atoms with Crippen LogP contribution < -0.4 is 4.74 Å². The smallest absolute Gasteiger partial charge is 0.230 e. The van der Waals surface area contributed by atoms with Gasteiger partial charge in [0.1, 0.15) is 17.0 Å². The van der Waals surface area contributed by atoms with Gasteiger partial charge < -0.3 is 4.74 Å². The highest BCUT2D eigenvalue weighted by Gasteiger charge is 2.37. The Morgan fingerprint density at radius 3 is 2.42 bits per heavy atom. The number of nitrogens with zero attached hydrogens (tertiary/aromatic N) is 2. The fourth-order valence-electron chi connectivity index (χ4n) is 2.69. The minimum Gasteiger partial charge on any atom is -0.480 e. The molecule has 24 heavy (non-hydrogen) atoms. The minimum absolute atomic E-state index is 0.0488. The standard InChI is InChI=1S/C16H18N2O5S/c1-16(2)13(9-18-14(19)6-7-15(18)20)17-11-8-10(24(3,21)22)4-5-12(11)23-16/h4-5,8H,6-7,9H2,1-3H3. The van der Waals surface area contributed by atoms with E-state index in [4.69, 9.17) is 4.74 Å². The van der Waals surface area contributed by atoms with Gasteiger partial charge in [-0.05, 0) is 32.0 Å². The maximum Gasteiger partial charge on any atom is 0.230 e. The lowest BCUT2D eigenvalue weighted by atomic mass is 9.99. The second-order valence-electron chi connectivity index (χ2n) is 6.45. The molecule has 0 aromatic heterocycles. The van der Waals surface area contributed by atoms with Gasteiger partial charge in [-0.25, -0.2) is 13.4 Å². The number of benzene rings is 1. The van der Waals surface area contributed by atoms with E-state index < -0.39 is 15.4 Å². The van der Waals surface area contributed by atoms with Gasteiger partial charge >= 0.3 is 0 Å². The number of imide groups is 1. The van der Waals surface area contributed by atoms with Crippen LogP contribution in [0.3, 0.4) is 0 Å². The zero-order valence-electron chi connectivity index (χ0n) is 13.7. The van der Waals surface area contributed by atoms with E-state index in [0.29, 0.717) is 17.1 Å². The maximum atomic E-state index is 11.8. The summed E-state index contributed by atoms with van der Waals surface area (Å²) in [5.41, 5.74) is 0.0820. The van der Waals surface area contributed by atoms with Crippen molar-refractivity contribution in [2.45, 2.75) is 37.2 Å². The number of hydrogen-bond acceptors (Lipinski definition) is 6. The lowest BCUT2D eigenvalue weighted by Gasteiger charge is -2.34. The lowest BCUT2D eigenvalue weighted by Crippen LogP contribution is -2.47. The van der Waals surface area contributed by atoms with Crippen LogP contribution in [-0.2, 0) is 19.4 Å². The van der Waals surface area contributed by atoms with E-state index in [0.717, 1.165) is 6.26 Å². The molecule has 2 aliphatic heterocycles. The largest absolute Gasteiger partial charge is 0.480 e. The summed E-state index contributed by atoms with van der Waals surface area (Å²) in [6, 6.07) is 4.48. The lowest BCUT2D eigenvalue weighted by molar-refractivity contribution is -0.137. The Balaban J connectivity index is 2.01. The zero-order chi connectivity index (χ0) is 17.7. The molecule has 0 spiro atoms. The van der Waals surface area contributed by atoms with Gasteiger partial charge in [0.2, 0.25) is 11.8 Å². The number of fused-ring (bicyclic) bond motifs is 1. The van der Waals surface area contributed by atoms with E-state index >= 15 is 0 Å². The van der Waals surface area contributed by atoms with Crippen LogP contribution in [0.25, 0.3) is 0 Å². The van der Waals surface area contributed by atoms with Gasteiger partial charge in [0.15, 0.2) is 9.84 Å². The molecule has 2 amide bonds. The number of carbonyl (C=O) groups excluding carboxylic acids is 2. The van der Waals surface area contributed by atoms with Crippen LogP contribution in [0.1, 0.15) is 26.7 Å². The van der Waals surface area contributed by atoms with Gasteiger partial charge in [0.05, 0.1) is 17.2 Å². The first kappa shape index (κ1) is 16.6. The molecule has 0 N–H and O–H groups in total. The molecular formula is C16H18N2O5S. The molecule has 0 unspecified atom stereocenters. The van der Waals surface area contributed by atoms with Crippen molar-refractivity contribution in [1.29, 1.82) is 0 Å². The summed E-state index contributed by atoms with van der Waals surface area (Å²) in [6.07, 6.45) is 1.54. The molecular weight excluding hydrogens is 332 g/mol. The number of likely N-dealkylation sites (tertiary alicyclic amines) is 1. The second-order valence-corrected chi connectivity index (χ2v) is 8.46. The topological polar surface area (TPSA) is 93.1 Å². The summed E-state index contributed by atoms with van der Waals surface area (Å²) in [6.45, 7) is 3.64. The first-order chi connectivity index (χ1) is 11.1. The Kier molecular flexibility index (Phi) is 3.75. The monoisotopic (exact) mass is 350 g/mol. The van der Waals surface area contributed by atoms with E-state index in [2.05, 4.69) is 4.99 Å². The number of rotatable bonds is 3. The van der Waals surface area contributed by atoms with E-state index in [1.54, 1.807) is 19.9 Å². The van der Waals surface area contributed by atoms with Gasteiger partial charge in [-0.3, -0.25) is 14.5 Å². The predicted molar refractivity (Wildman–Crippen MR) is 87.3 cm³/mol. The summed E-state index contributed by atoms with van der Waals surface area (Å²) in [5.74, 6) is 0.0126. The Labute approximate surface area is 140 Å². The normalized spacial score (nSPS) is 19.8. The van der Waals surface area contributed by atoms with Crippen molar-refractivity contribution in [3.63, 3.8) is 0 Å². The van der Waals surface area contributed by atoms with Crippen molar-refractivity contribution < 1.29 is 22.7 Å². The number of aliphatic imine (C=N–C) groups is 1. The third-order valence-electron chi connectivity index (χ3n) is 4.14. The van der Waals surface area contributed by atoms with Gasteiger partial charge in [-0.1, -0.05) is 0 Å². The van der Waals surface area contributed by atoms with Gasteiger partial charge in [0.25, 0.3) is 0 Å². The number of ether oxygens (including phenoxy) is 1. The van der Waals surface area contributed by atoms with Crippen LogP contribution in [0.2, 0.25) is 0 Å². The first-order valence-corrected chi connectivity index (χ1v) is 9.41. The molecule has 0 saturated carbocycles. The summed E-state index contributed by atoms with van der Waals surface area (Å²) in [4.78, 5) is 29.5. The molecule has 0 radical (unpaired) electrons. The van der Waals surface area contributed by atoms with E-state index in [1.807, 2.05) is 0 Å². The Morgan fingerprint density at radius 1 is 1.21 bits per heavy atom. The van der Waals surface area contributed by atoms with Crippen molar-refractivity contribution >= 4 is 33.1 Å². The van der Waals surface area contributed by atoms with Crippen molar-refractivity contribution in [3.05, 3.63) is 18.2 Å². The summed E-state index contributed by atoms with van der Waals surface area (Å²) in [5, 5.41) is 0. The molecule has 1 fully saturated rings. The van der Waals surface area contributed by atoms with Gasteiger partial charge in [0, 0.05) is 19.1 Å². The van der Waals surface area contributed by atoms with E-state index in [1.165, 1.54) is 17.0 Å². The van der Waals surface area contributed by atoms with Crippen LogP contribution in [-0.4, -0.2) is 49.2 Å². The molecule has 2 heterocycles. The number of carbonyl (C=O) groups is 2. The van der Waals surface area contributed by atoms with Crippen LogP contribution in [0.15, 0.2) is 28.1 Å². The van der Waals surface area contributed by atoms with Crippen molar-refractivity contribution in [1.82, 2.24) is 4.90 Å². The van der Waals surface area contributed by atoms with Crippen LogP contribution in [0.4, 0.5) is 5.69 Å². The highest BCUT2D eigenvalue weighted by Crippen LogP contribution is 2.38. The van der Waals surface area contributed by atoms with Crippen LogP contribution >= 0.6 is 0 Å². The Bertz CT molecular complexity index is 854. The second kappa shape index (κ2) is 5.41. The maximum absolute atomic E-state index is 11.8. The zero-order valence-corrected chi connectivity index (χ0v) is 14.5. The summed E-state index contributed by atoms with van der Waals surface area (Å²) < 4.78 is 29.3. The third kappa shape index (κ3) is 2.93. The van der Waals surface area contributed by atoms with Crippen molar-refractivity contribution in [2.24, 2.45) is 4.99 Å². The van der Waals surface area contributed by atoms with Crippen molar-refractivity contribution in [3.8, 4) is 5.75 Å². The minimum atomic E-state index is -3.37. The Morgan fingerprint density at radius 2 is 1.83 bits per heavy atom. The quantitative estimate of drug-likeness (QED) is 0.770. The SMILES string of the molecule is CC1(C)Oc2ccc(S(C)(=O)=O)cc2N=C1CN1C(=O)CCC1=O. The van der Waals surface area contributed by atoms with Gasteiger partial charge in [-0.15, -0.1) is 0 Å². The summed E-state index contributed by atoms with van der Waals surface area (Å²) >= 11 is 0. The Hall–Kier alpha value is -2.22. The molecule has 0 aliphatic carbocycles. The molecule has 0 atom stereocenters. The molecule has 0 bridgehead atoms. The molecule has 1 aromatic rings. The highest BCUT2D eigenvalue weighted by atomic mass is 32.2.